The molecule has 0 aliphatic carbocycles. The standard InChI is InChI=1S/C21H14BrCl2N3O2S/c22-14-8-9-19(29-20(28)17-6-1-2-7-18(17)24)13(10-14)12-25-27-21(30)26-16-5-3-4-15(23)11-16/h1-12H,(H2,26,27,30)/b25-12-. The van der Waals surface area contributed by atoms with E-state index in [9.17, 15) is 4.79 Å². The maximum absolute atomic E-state index is 12.5. The lowest BCUT2D eigenvalue weighted by Crippen LogP contribution is -2.23. The van der Waals surface area contributed by atoms with Crippen LogP contribution in [0.25, 0.3) is 0 Å². The summed E-state index contributed by atoms with van der Waals surface area (Å²) in [7, 11) is 0. The van der Waals surface area contributed by atoms with Crippen LogP contribution in [0.5, 0.6) is 5.75 Å². The molecule has 0 saturated heterocycles. The molecule has 0 unspecified atom stereocenters. The number of hydrogen-bond donors (Lipinski definition) is 2. The third-order valence-electron chi connectivity index (χ3n) is 3.72. The Morgan fingerprint density at radius 1 is 1.07 bits per heavy atom. The predicted molar refractivity (Wildman–Crippen MR) is 129 cm³/mol. The largest absolute Gasteiger partial charge is 0.422 e. The zero-order valence-electron chi connectivity index (χ0n) is 15.2. The lowest BCUT2D eigenvalue weighted by atomic mass is 10.2. The topological polar surface area (TPSA) is 62.7 Å². The third-order valence-corrected chi connectivity index (χ3v) is 4.97. The SMILES string of the molecule is O=C(Oc1ccc(Br)cc1/C=N\NC(=S)Nc1cccc(Cl)c1)c1ccccc1Cl. The van der Waals surface area contributed by atoms with Crippen LogP contribution >= 0.6 is 51.3 Å². The Hall–Kier alpha value is -2.45. The molecule has 0 aliphatic heterocycles. The number of nitrogens with zero attached hydrogens (tertiary/aromatic N) is 1. The van der Waals surface area contributed by atoms with Crippen LogP contribution in [-0.4, -0.2) is 17.3 Å². The van der Waals surface area contributed by atoms with Gasteiger partial charge in [-0.3, -0.25) is 5.43 Å². The zero-order chi connectivity index (χ0) is 21.5. The molecular formula is C21H14BrCl2N3O2S. The molecule has 3 rings (SSSR count). The van der Waals surface area contributed by atoms with E-state index in [1.54, 1.807) is 60.7 Å². The van der Waals surface area contributed by atoms with Crippen LogP contribution in [-0.2, 0) is 0 Å². The van der Waals surface area contributed by atoms with Gasteiger partial charge in [-0.15, -0.1) is 0 Å². The van der Waals surface area contributed by atoms with E-state index in [2.05, 4.69) is 31.8 Å². The number of rotatable bonds is 5. The zero-order valence-corrected chi connectivity index (χ0v) is 19.1. The van der Waals surface area contributed by atoms with Gasteiger partial charge in [0.05, 0.1) is 16.8 Å². The van der Waals surface area contributed by atoms with Crippen molar-refractivity contribution in [3.63, 3.8) is 0 Å². The van der Waals surface area contributed by atoms with Crippen molar-refractivity contribution in [2.45, 2.75) is 0 Å². The third kappa shape index (κ3) is 6.27. The van der Waals surface area contributed by atoms with Crippen molar-refractivity contribution in [1.29, 1.82) is 0 Å². The molecule has 0 fully saturated rings. The first-order valence-corrected chi connectivity index (χ1v) is 10.5. The Balaban J connectivity index is 1.69. The van der Waals surface area contributed by atoms with E-state index in [1.165, 1.54) is 6.21 Å². The molecule has 0 aliphatic rings. The van der Waals surface area contributed by atoms with Gasteiger partial charge in [-0.05, 0) is 60.7 Å². The number of esters is 1. The molecule has 9 heteroatoms. The second kappa shape index (κ2) is 10.5. The number of benzene rings is 3. The van der Waals surface area contributed by atoms with Crippen molar-refractivity contribution < 1.29 is 9.53 Å². The number of anilines is 1. The fourth-order valence-electron chi connectivity index (χ4n) is 2.38. The molecule has 2 N–H and O–H groups in total. The van der Waals surface area contributed by atoms with Gasteiger partial charge in [-0.2, -0.15) is 5.10 Å². The molecule has 152 valence electrons. The van der Waals surface area contributed by atoms with Gasteiger partial charge in [0.25, 0.3) is 0 Å². The van der Waals surface area contributed by atoms with Crippen molar-refractivity contribution in [2.75, 3.05) is 5.32 Å². The summed E-state index contributed by atoms with van der Waals surface area (Å²) < 4.78 is 6.30. The summed E-state index contributed by atoms with van der Waals surface area (Å²) in [5.41, 5.74) is 4.27. The summed E-state index contributed by atoms with van der Waals surface area (Å²) >= 11 is 20.6. The average Bonchev–Trinajstić information content (AvgIpc) is 2.70. The Kier molecular flexibility index (Phi) is 7.81. The summed E-state index contributed by atoms with van der Waals surface area (Å²) in [6.07, 6.45) is 1.49. The summed E-state index contributed by atoms with van der Waals surface area (Å²) in [6.45, 7) is 0. The van der Waals surface area contributed by atoms with E-state index in [0.717, 1.165) is 10.2 Å². The van der Waals surface area contributed by atoms with Gasteiger partial charge in [0, 0.05) is 20.7 Å². The van der Waals surface area contributed by atoms with Crippen LogP contribution < -0.4 is 15.5 Å². The lowest BCUT2D eigenvalue weighted by molar-refractivity contribution is 0.0734. The van der Waals surface area contributed by atoms with Crippen LogP contribution in [0.4, 0.5) is 5.69 Å². The van der Waals surface area contributed by atoms with Crippen molar-refractivity contribution in [1.82, 2.24) is 5.43 Å². The first-order chi connectivity index (χ1) is 14.4. The highest BCUT2D eigenvalue weighted by Gasteiger charge is 2.14. The first-order valence-electron chi connectivity index (χ1n) is 8.54. The van der Waals surface area contributed by atoms with Crippen LogP contribution in [0, 0.1) is 0 Å². The second-order valence-corrected chi connectivity index (χ2v) is 8.05. The lowest BCUT2D eigenvalue weighted by Gasteiger charge is -2.09. The molecule has 0 bridgehead atoms. The number of ether oxygens (including phenoxy) is 1. The Labute approximate surface area is 197 Å². The molecule has 0 spiro atoms. The molecule has 3 aromatic rings. The van der Waals surface area contributed by atoms with Crippen LogP contribution in [0.2, 0.25) is 10.0 Å². The Morgan fingerprint density at radius 2 is 1.87 bits per heavy atom. The summed E-state index contributed by atoms with van der Waals surface area (Å²) in [5, 5.41) is 8.26. The van der Waals surface area contributed by atoms with Crippen molar-refractivity contribution >= 4 is 74.3 Å². The number of hydrogen-bond acceptors (Lipinski definition) is 4. The van der Waals surface area contributed by atoms with E-state index in [-0.39, 0.29) is 10.7 Å². The van der Waals surface area contributed by atoms with Gasteiger partial charge in [-0.25, -0.2) is 4.79 Å². The molecule has 5 nitrogen and oxygen atoms in total. The van der Waals surface area contributed by atoms with E-state index >= 15 is 0 Å². The van der Waals surface area contributed by atoms with Crippen LogP contribution in [0.1, 0.15) is 15.9 Å². The predicted octanol–water partition coefficient (Wildman–Crippen LogP) is 6.30. The highest BCUT2D eigenvalue weighted by atomic mass is 79.9. The molecule has 0 heterocycles. The fourth-order valence-corrected chi connectivity index (χ4v) is 3.33. The van der Waals surface area contributed by atoms with E-state index in [1.807, 2.05) is 6.07 Å². The number of carbonyl (C=O) groups is 1. The molecule has 30 heavy (non-hydrogen) atoms. The van der Waals surface area contributed by atoms with Crippen LogP contribution in [0.3, 0.4) is 0 Å². The minimum atomic E-state index is -0.566. The highest BCUT2D eigenvalue weighted by molar-refractivity contribution is 9.10. The highest BCUT2D eigenvalue weighted by Crippen LogP contribution is 2.24. The van der Waals surface area contributed by atoms with Gasteiger partial charge in [0.15, 0.2) is 5.11 Å². The first kappa shape index (κ1) is 22.2. The molecule has 0 aromatic heterocycles. The van der Waals surface area contributed by atoms with E-state index in [0.29, 0.717) is 21.4 Å². The summed E-state index contributed by atoms with van der Waals surface area (Å²) in [6, 6.07) is 19.0. The van der Waals surface area contributed by atoms with Gasteiger partial charge in [-0.1, -0.05) is 57.3 Å². The maximum Gasteiger partial charge on any atom is 0.345 e. The average molecular weight is 523 g/mol. The van der Waals surface area contributed by atoms with Gasteiger partial charge in [0.2, 0.25) is 0 Å². The summed E-state index contributed by atoms with van der Waals surface area (Å²) in [5.74, 6) is -0.244. The van der Waals surface area contributed by atoms with Crippen LogP contribution in [0.15, 0.2) is 76.3 Å². The molecule has 0 saturated carbocycles. The smallest absolute Gasteiger partial charge is 0.345 e. The quantitative estimate of drug-likeness (QED) is 0.135. The normalized spacial score (nSPS) is 10.6. The summed E-state index contributed by atoms with van der Waals surface area (Å²) in [4.78, 5) is 12.5. The fraction of sp³-hybridized carbons (Fsp3) is 0. The van der Waals surface area contributed by atoms with E-state index in [4.69, 9.17) is 40.2 Å². The maximum atomic E-state index is 12.5. The number of halogens is 3. The molecule has 3 aromatic carbocycles. The molecule has 0 amide bonds. The minimum absolute atomic E-state index is 0.273. The number of carbonyl (C=O) groups excluding carboxylic acids is 1. The monoisotopic (exact) mass is 521 g/mol. The molecular weight excluding hydrogens is 509 g/mol. The van der Waals surface area contributed by atoms with Gasteiger partial charge in [0.1, 0.15) is 5.75 Å². The van der Waals surface area contributed by atoms with E-state index < -0.39 is 5.97 Å². The Morgan fingerprint density at radius 3 is 2.63 bits per heavy atom. The number of thiocarbonyl (C=S) groups is 1. The number of nitrogens with one attached hydrogen (secondary N) is 2. The molecule has 0 radical (unpaired) electrons. The Bertz CT molecular complexity index is 1120. The van der Waals surface area contributed by atoms with Crippen molar-refractivity contribution in [3.8, 4) is 5.75 Å². The minimum Gasteiger partial charge on any atom is -0.422 e. The van der Waals surface area contributed by atoms with Gasteiger partial charge < -0.3 is 10.1 Å². The molecule has 0 atom stereocenters. The van der Waals surface area contributed by atoms with Crippen molar-refractivity contribution in [2.24, 2.45) is 5.10 Å². The second-order valence-electron chi connectivity index (χ2n) is 5.89. The van der Waals surface area contributed by atoms with Gasteiger partial charge >= 0.3 is 5.97 Å². The number of hydrazone groups is 1. The van der Waals surface area contributed by atoms with Crippen molar-refractivity contribution in [3.05, 3.63) is 92.4 Å².